The van der Waals surface area contributed by atoms with E-state index in [0.717, 1.165) is 25.3 Å². The average molecular weight is 487 g/mol. The van der Waals surface area contributed by atoms with Gasteiger partial charge >= 0.3 is 5.97 Å². The predicted octanol–water partition coefficient (Wildman–Crippen LogP) is 3.72. The number of hydrogen-bond acceptors (Lipinski definition) is 6. The van der Waals surface area contributed by atoms with Crippen molar-refractivity contribution in [3.63, 3.8) is 0 Å². The van der Waals surface area contributed by atoms with Gasteiger partial charge in [-0.05, 0) is 42.0 Å². The minimum Gasteiger partial charge on any atom is -0.468 e. The van der Waals surface area contributed by atoms with Crippen molar-refractivity contribution in [2.45, 2.75) is 24.9 Å². The maximum absolute atomic E-state index is 13.7. The lowest BCUT2D eigenvalue weighted by Crippen LogP contribution is -2.56. The average Bonchev–Trinajstić information content (AvgIpc) is 3.16. The van der Waals surface area contributed by atoms with Gasteiger partial charge in [-0.3, -0.25) is 14.5 Å². The Bertz CT molecular complexity index is 1250. The van der Waals surface area contributed by atoms with Gasteiger partial charge in [0.25, 0.3) is 5.91 Å². The Morgan fingerprint density at radius 3 is 2.28 bits per heavy atom. The number of rotatable bonds is 6. The Morgan fingerprint density at radius 1 is 0.944 bits per heavy atom. The first-order chi connectivity index (χ1) is 17.4. The van der Waals surface area contributed by atoms with Gasteiger partial charge in [0.2, 0.25) is 0 Å². The molecule has 188 valence electrons. The van der Waals surface area contributed by atoms with Gasteiger partial charge in [-0.25, -0.2) is 0 Å². The van der Waals surface area contributed by atoms with Gasteiger partial charge in [0, 0.05) is 50.5 Å². The quantitative estimate of drug-likeness (QED) is 0.495. The molecule has 0 radical (unpaired) electrons. The number of anilines is 2. The van der Waals surface area contributed by atoms with Gasteiger partial charge in [-0.1, -0.05) is 48.5 Å². The molecule has 36 heavy (non-hydrogen) atoms. The maximum atomic E-state index is 13.7. The monoisotopic (exact) mass is 486 g/mol. The summed E-state index contributed by atoms with van der Waals surface area (Å²) in [6, 6.07) is 23.1. The van der Waals surface area contributed by atoms with Crippen LogP contribution in [0.25, 0.3) is 10.8 Å². The van der Waals surface area contributed by atoms with Crippen LogP contribution in [0.1, 0.15) is 18.4 Å². The second-order valence-electron chi connectivity index (χ2n) is 9.98. The van der Waals surface area contributed by atoms with E-state index in [4.69, 9.17) is 4.74 Å². The molecule has 0 N–H and O–H groups in total. The first-order valence-electron chi connectivity index (χ1n) is 12.5. The molecule has 0 bridgehead atoms. The molecule has 2 fully saturated rings. The largest absolute Gasteiger partial charge is 0.468 e. The number of amides is 1. The second kappa shape index (κ2) is 9.82. The van der Waals surface area contributed by atoms with Crippen LogP contribution in [0.3, 0.4) is 0 Å². The smallest absolute Gasteiger partial charge is 0.325 e. The molecule has 2 aliphatic heterocycles. The molecule has 1 amide bonds. The van der Waals surface area contributed by atoms with Crippen LogP contribution < -0.4 is 9.80 Å². The summed E-state index contributed by atoms with van der Waals surface area (Å²) in [6.07, 6.45) is 1.43. The fourth-order valence-electron chi connectivity index (χ4n) is 5.74. The van der Waals surface area contributed by atoms with Crippen LogP contribution in [0.2, 0.25) is 0 Å². The number of fused-ring (bicyclic) bond motifs is 1. The molecule has 0 saturated carbocycles. The molecule has 3 aromatic rings. The van der Waals surface area contributed by atoms with Crippen LogP contribution in [0, 0.1) is 0 Å². The summed E-state index contributed by atoms with van der Waals surface area (Å²) in [7, 11) is 5.51. The van der Waals surface area contributed by atoms with Crippen molar-refractivity contribution in [3.05, 3.63) is 72.3 Å². The summed E-state index contributed by atoms with van der Waals surface area (Å²) in [4.78, 5) is 34.2. The summed E-state index contributed by atoms with van der Waals surface area (Å²) >= 11 is 0. The topological polar surface area (TPSA) is 56.3 Å². The number of hydrogen-bond donors (Lipinski definition) is 0. The zero-order valence-electron chi connectivity index (χ0n) is 21.3. The number of benzene rings is 3. The zero-order valence-corrected chi connectivity index (χ0v) is 21.3. The van der Waals surface area contributed by atoms with Crippen LogP contribution in [-0.2, 0) is 20.9 Å². The van der Waals surface area contributed by atoms with Crippen molar-refractivity contribution in [1.82, 2.24) is 9.80 Å². The number of piperidine rings is 1. The third-order valence-electron chi connectivity index (χ3n) is 7.68. The van der Waals surface area contributed by atoms with Crippen molar-refractivity contribution >= 4 is 34.0 Å². The Morgan fingerprint density at radius 2 is 1.61 bits per heavy atom. The molecule has 2 heterocycles. The van der Waals surface area contributed by atoms with E-state index >= 15 is 0 Å². The fourth-order valence-corrected chi connectivity index (χ4v) is 5.74. The van der Waals surface area contributed by atoms with Crippen LogP contribution in [0.4, 0.5) is 11.4 Å². The molecule has 0 aromatic heterocycles. The number of ether oxygens (including phenoxy) is 1. The first kappa shape index (κ1) is 24.1. The van der Waals surface area contributed by atoms with Crippen molar-refractivity contribution < 1.29 is 14.3 Å². The van der Waals surface area contributed by atoms with E-state index in [-0.39, 0.29) is 18.4 Å². The molecule has 7 nitrogen and oxygen atoms in total. The fraction of sp³-hybridized carbons (Fsp3) is 0.379. The Labute approximate surface area is 212 Å². The highest BCUT2D eigenvalue weighted by molar-refractivity contribution is 5.97. The highest BCUT2D eigenvalue weighted by Gasteiger charge is 2.54. The molecule has 1 spiro atoms. The lowest BCUT2D eigenvalue weighted by molar-refractivity contribution is -0.146. The molecule has 0 aliphatic carbocycles. The van der Waals surface area contributed by atoms with Gasteiger partial charge < -0.3 is 19.4 Å². The molecular weight excluding hydrogens is 452 g/mol. The van der Waals surface area contributed by atoms with E-state index in [2.05, 4.69) is 65.2 Å². The summed E-state index contributed by atoms with van der Waals surface area (Å²) in [5.74, 6) is -0.365. The van der Waals surface area contributed by atoms with E-state index in [1.807, 2.05) is 30.3 Å². The molecule has 0 atom stereocenters. The minimum absolute atomic E-state index is 0.0195. The highest BCUT2D eigenvalue weighted by atomic mass is 16.5. The zero-order chi connectivity index (χ0) is 25.3. The van der Waals surface area contributed by atoms with Crippen molar-refractivity contribution in [1.29, 1.82) is 0 Å². The van der Waals surface area contributed by atoms with Crippen molar-refractivity contribution in [3.8, 4) is 0 Å². The summed E-state index contributed by atoms with van der Waals surface area (Å²) < 4.78 is 4.86. The Hall–Kier alpha value is -3.58. The van der Waals surface area contributed by atoms with E-state index in [1.54, 1.807) is 4.90 Å². The lowest BCUT2D eigenvalue weighted by Gasteiger charge is -2.43. The third kappa shape index (κ3) is 4.28. The molecule has 5 rings (SSSR count). The van der Waals surface area contributed by atoms with Crippen LogP contribution in [0.5, 0.6) is 0 Å². The summed E-state index contributed by atoms with van der Waals surface area (Å²) in [5.41, 5.74) is 2.89. The number of methoxy groups -OCH3 is 1. The van der Waals surface area contributed by atoms with E-state index in [0.29, 0.717) is 19.5 Å². The standard InChI is InChI=1S/C29H34N4O3/c1-30(2)26-14-13-22(24-11-7-8-12-25(24)26)19-31-17-15-29(16-18-31)28(35)32(20-27(34)36-3)21-33(29)23-9-5-4-6-10-23/h4-14H,15-21H2,1-3H3. The van der Waals surface area contributed by atoms with Gasteiger partial charge in [0.15, 0.2) is 0 Å². The number of para-hydroxylation sites is 1. The van der Waals surface area contributed by atoms with E-state index < -0.39 is 5.54 Å². The maximum Gasteiger partial charge on any atom is 0.325 e. The van der Waals surface area contributed by atoms with Gasteiger partial charge in [-0.2, -0.15) is 0 Å². The molecule has 3 aromatic carbocycles. The van der Waals surface area contributed by atoms with Crippen LogP contribution >= 0.6 is 0 Å². The van der Waals surface area contributed by atoms with Crippen LogP contribution in [-0.4, -0.2) is 74.7 Å². The van der Waals surface area contributed by atoms with Gasteiger partial charge in [-0.15, -0.1) is 0 Å². The van der Waals surface area contributed by atoms with E-state index in [9.17, 15) is 9.59 Å². The van der Waals surface area contributed by atoms with Gasteiger partial charge in [0.05, 0.1) is 13.8 Å². The van der Waals surface area contributed by atoms with Crippen molar-refractivity contribution in [2.75, 3.05) is 57.3 Å². The number of carbonyl (C=O) groups is 2. The predicted molar refractivity (Wildman–Crippen MR) is 143 cm³/mol. The SMILES string of the molecule is COC(=O)CN1CN(c2ccccc2)C2(CCN(Cc3ccc(N(C)C)c4ccccc34)CC2)C1=O. The molecule has 2 aliphatic rings. The number of nitrogens with zero attached hydrogens (tertiary/aromatic N) is 4. The third-order valence-corrected chi connectivity index (χ3v) is 7.68. The minimum atomic E-state index is -0.636. The first-order valence-corrected chi connectivity index (χ1v) is 12.5. The summed E-state index contributed by atoms with van der Waals surface area (Å²) in [5, 5.41) is 2.53. The number of esters is 1. The Kier molecular flexibility index (Phi) is 6.58. The van der Waals surface area contributed by atoms with E-state index in [1.165, 1.54) is 29.1 Å². The van der Waals surface area contributed by atoms with Crippen LogP contribution in [0.15, 0.2) is 66.7 Å². The normalized spacial score (nSPS) is 17.7. The molecule has 0 unspecified atom stereocenters. The Balaban J connectivity index is 1.38. The molecular formula is C29H34N4O3. The molecule has 2 saturated heterocycles. The van der Waals surface area contributed by atoms with Gasteiger partial charge in [0.1, 0.15) is 12.1 Å². The lowest BCUT2D eigenvalue weighted by atomic mass is 9.85. The highest BCUT2D eigenvalue weighted by Crippen LogP contribution is 2.40. The van der Waals surface area contributed by atoms with Crippen molar-refractivity contribution in [2.24, 2.45) is 0 Å². The number of carbonyl (C=O) groups excluding carboxylic acids is 2. The summed E-state index contributed by atoms with van der Waals surface area (Å²) in [6.45, 7) is 2.84. The second-order valence-corrected chi connectivity index (χ2v) is 9.98. The number of likely N-dealkylation sites (tertiary alicyclic amines) is 1. The molecule has 7 heteroatoms.